The lowest BCUT2D eigenvalue weighted by molar-refractivity contribution is 0.100. The van der Waals surface area contributed by atoms with Gasteiger partial charge in [-0.1, -0.05) is 79.7 Å². The first-order chi connectivity index (χ1) is 19.1. The Labute approximate surface area is 234 Å². The van der Waals surface area contributed by atoms with E-state index in [2.05, 4.69) is 56.4 Å². The molecule has 2 aromatic heterocycles. The molecule has 39 heavy (non-hydrogen) atoms. The molecule has 0 atom stereocenters. The zero-order chi connectivity index (χ0) is 29.4. The Bertz CT molecular complexity index is 1420. The number of aryl methyl sites for hydroxylation is 1. The highest BCUT2D eigenvalue weighted by Gasteiger charge is 2.11. The molecule has 5 aromatic rings. The number of rotatable bonds is 5. The molecule has 0 fully saturated rings. The summed E-state index contributed by atoms with van der Waals surface area (Å²) in [4.78, 5) is 20.4. The Morgan fingerprint density at radius 2 is 1.46 bits per heavy atom. The minimum atomic E-state index is -0.424. The van der Waals surface area contributed by atoms with Gasteiger partial charge in [0, 0.05) is 54.5 Å². The number of aromatic nitrogens is 3. The fraction of sp³-hybridized carbons (Fsp3) is 0.303. The summed E-state index contributed by atoms with van der Waals surface area (Å²) in [6.07, 6.45) is 5.49. The average Bonchev–Trinajstić information content (AvgIpc) is 3.39. The van der Waals surface area contributed by atoms with Gasteiger partial charge in [-0.25, -0.2) is 0 Å². The van der Waals surface area contributed by atoms with E-state index >= 15 is 0 Å². The van der Waals surface area contributed by atoms with Crippen LogP contribution in [0.15, 0.2) is 79.3 Å². The zero-order valence-electron chi connectivity index (χ0n) is 25.0. The predicted octanol–water partition coefficient (Wildman–Crippen LogP) is 8.60. The van der Waals surface area contributed by atoms with Crippen LogP contribution in [-0.4, -0.2) is 20.4 Å². The number of benzene rings is 3. The van der Waals surface area contributed by atoms with Crippen molar-refractivity contribution in [3.05, 3.63) is 90.4 Å². The number of primary amides is 1. The van der Waals surface area contributed by atoms with Crippen molar-refractivity contribution in [3.8, 4) is 11.1 Å². The molecule has 0 aliphatic rings. The second kappa shape index (κ2) is 17.3. The third kappa shape index (κ3) is 8.40. The van der Waals surface area contributed by atoms with Gasteiger partial charge >= 0.3 is 0 Å². The molecule has 0 spiro atoms. The maximum atomic E-state index is 11.3. The number of nitrogens with two attached hydrogens (primary N) is 1. The molecular weight excluding hydrogens is 482 g/mol. The first-order valence-corrected chi connectivity index (χ1v) is 14.0. The van der Waals surface area contributed by atoms with E-state index in [9.17, 15) is 4.79 Å². The number of amides is 1. The van der Waals surface area contributed by atoms with Crippen LogP contribution in [0.3, 0.4) is 0 Å². The molecule has 5 rings (SSSR count). The van der Waals surface area contributed by atoms with Crippen LogP contribution in [0.25, 0.3) is 33.1 Å². The molecule has 1 amide bonds. The molecule has 0 bridgehead atoms. The summed E-state index contributed by atoms with van der Waals surface area (Å²) in [7, 11) is 2.05. The second-order valence-electron chi connectivity index (χ2n) is 7.56. The second-order valence-corrected chi connectivity index (χ2v) is 7.56. The van der Waals surface area contributed by atoms with Crippen molar-refractivity contribution in [2.75, 3.05) is 5.32 Å². The van der Waals surface area contributed by atoms with Gasteiger partial charge < -0.3 is 15.6 Å². The highest BCUT2D eigenvalue weighted by Crippen LogP contribution is 2.32. The number of nitrogens with one attached hydrogen (secondary N) is 1. The summed E-state index contributed by atoms with van der Waals surface area (Å²) in [5.74, 6) is -0.424. The fourth-order valence-electron chi connectivity index (χ4n) is 3.82. The number of carbonyl (C=O) groups excluding carboxylic acids is 1. The van der Waals surface area contributed by atoms with E-state index in [0.29, 0.717) is 12.1 Å². The minimum Gasteiger partial charge on any atom is -0.381 e. The minimum absolute atomic E-state index is 0.424. The number of fused-ring (bicyclic) bond motifs is 2. The van der Waals surface area contributed by atoms with Crippen molar-refractivity contribution in [1.82, 2.24) is 14.5 Å². The molecule has 3 N–H and O–H groups in total. The monoisotopic (exact) mass is 527 g/mol. The van der Waals surface area contributed by atoms with Gasteiger partial charge in [-0.15, -0.1) is 0 Å². The molecule has 2 heterocycles. The van der Waals surface area contributed by atoms with Crippen LogP contribution >= 0.6 is 0 Å². The van der Waals surface area contributed by atoms with Gasteiger partial charge in [0.15, 0.2) is 0 Å². The molecule has 0 aliphatic heterocycles. The van der Waals surface area contributed by atoms with Crippen molar-refractivity contribution >= 4 is 33.5 Å². The molecule has 0 unspecified atom stereocenters. The Morgan fingerprint density at radius 1 is 0.821 bits per heavy atom. The van der Waals surface area contributed by atoms with Crippen molar-refractivity contribution < 1.29 is 4.79 Å². The standard InChI is InChI=1S/C25H21N5O.4C2H6/c1-30-11-8-17-6-7-19(12-23(17)30)21-13-20(14-22-24(21)28-10-9-27-22)29-15-16-2-4-18(5-3-16)25(26)31;4*1-2/h2-14,29H,15H2,1H3,(H2,26,31);4*1-2H3. The van der Waals surface area contributed by atoms with E-state index in [0.717, 1.165) is 33.4 Å². The van der Waals surface area contributed by atoms with Gasteiger partial charge in [0.05, 0.1) is 11.0 Å². The molecular formula is C33H45N5O. The molecule has 208 valence electrons. The smallest absolute Gasteiger partial charge is 0.248 e. The zero-order valence-corrected chi connectivity index (χ0v) is 25.0. The summed E-state index contributed by atoms with van der Waals surface area (Å²) in [5, 5.41) is 4.67. The van der Waals surface area contributed by atoms with Gasteiger partial charge in [-0.2, -0.15) is 0 Å². The highest BCUT2D eigenvalue weighted by atomic mass is 16.1. The summed E-state index contributed by atoms with van der Waals surface area (Å²) in [6.45, 7) is 16.6. The van der Waals surface area contributed by atoms with E-state index in [1.165, 1.54) is 10.9 Å². The summed E-state index contributed by atoms with van der Waals surface area (Å²) in [5.41, 5.74) is 12.8. The van der Waals surface area contributed by atoms with Gasteiger partial charge in [-0.05, 0) is 52.9 Å². The van der Waals surface area contributed by atoms with Gasteiger partial charge in [0.2, 0.25) is 5.91 Å². The highest BCUT2D eigenvalue weighted by molar-refractivity contribution is 5.97. The molecule has 0 saturated heterocycles. The van der Waals surface area contributed by atoms with Crippen LogP contribution < -0.4 is 11.1 Å². The summed E-state index contributed by atoms with van der Waals surface area (Å²) in [6, 6.07) is 20.0. The van der Waals surface area contributed by atoms with E-state index in [1.807, 2.05) is 80.6 Å². The Hall–Kier alpha value is -4.19. The average molecular weight is 528 g/mol. The SMILES string of the molecule is CC.CC.CC.CC.Cn1ccc2ccc(-c3cc(NCc4ccc(C(N)=O)cc4)cc4nccnc34)cc21. The molecule has 0 radical (unpaired) electrons. The largest absolute Gasteiger partial charge is 0.381 e. The van der Waals surface area contributed by atoms with Crippen LogP contribution in [0.5, 0.6) is 0 Å². The topological polar surface area (TPSA) is 85.8 Å². The van der Waals surface area contributed by atoms with Crippen LogP contribution in [0.1, 0.15) is 71.3 Å². The predicted molar refractivity (Wildman–Crippen MR) is 169 cm³/mol. The lowest BCUT2D eigenvalue weighted by Crippen LogP contribution is -2.10. The van der Waals surface area contributed by atoms with Gasteiger partial charge in [0.1, 0.15) is 0 Å². The Morgan fingerprint density at radius 3 is 2.10 bits per heavy atom. The summed E-state index contributed by atoms with van der Waals surface area (Å²) < 4.78 is 2.12. The Balaban J connectivity index is 0.000000874. The van der Waals surface area contributed by atoms with Crippen molar-refractivity contribution in [2.45, 2.75) is 61.9 Å². The van der Waals surface area contributed by atoms with Crippen LogP contribution in [0, 0.1) is 0 Å². The first-order valence-electron chi connectivity index (χ1n) is 14.0. The van der Waals surface area contributed by atoms with E-state index in [4.69, 9.17) is 5.73 Å². The van der Waals surface area contributed by atoms with Gasteiger partial charge in [-0.3, -0.25) is 14.8 Å². The van der Waals surface area contributed by atoms with E-state index in [-0.39, 0.29) is 0 Å². The number of hydrogen-bond acceptors (Lipinski definition) is 4. The molecule has 6 heteroatoms. The number of nitrogens with zero attached hydrogens (tertiary/aromatic N) is 3. The van der Waals surface area contributed by atoms with Crippen molar-refractivity contribution in [2.24, 2.45) is 12.8 Å². The molecule has 0 aliphatic carbocycles. The van der Waals surface area contributed by atoms with E-state index in [1.54, 1.807) is 24.5 Å². The quantitative estimate of drug-likeness (QED) is 0.240. The maximum Gasteiger partial charge on any atom is 0.248 e. The Kier molecular flexibility index (Phi) is 14.6. The maximum absolute atomic E-state index is 11.3. The summed E-state index contributed by atoms with van der Waals surface area (Å²) >= 11 is 0. The third-order valence-electron chi connectivity index (χ3n) is 5.51. The number of hydrogen-bond donors (Lipinski definition) is 2. The fourth-order valence-corrected chi connectivity index (χ4v) is 3.82. The van der Waals surface area contributed by atoms with E-state index < -0.39 is 5.91 Å². The van der Waals surface area contributed by atoms with Gasteiger partial charge in [0.25, 0.3) is 0 Å². The molecule has 0 saturated carbocycles. The van der Waals surface area contributed by atoms with Crippen LogP contribution in [0.2, 0.25) is 0 Å². The number of anilines is 1. The lowest BCUT2D eigenvalue weighted by Gasteiger charge is -2.12. The van der Waals surface area contributed by atoms with Crippen LogP contribution in [0.4, 0.5) is 5.69 Å². The third-order valence-corrected chi connectivity index (χ3v) is 5.51. The normalized spacial score (nSPS) is 9.46. The first kappa shape index (κ1) is 32.8. The number of carbonyl (C=O) groups is 1. The molecule has 3 aromatic carbocycles. The van der Waals surface area contributed by atoms with Crippen LogP contribution in [-0.2, 0) is 13.6 Å². The van der Waals surface area contributed by atoms with Crippen molar-refractivity contribution in [3.63, 3.8) is 0 Å². The van der Waals surface area contributed by atoms with Crippen molar-refractivity contribution in [1.29, 1.82) is 0 Å². The lowest BCUT2D eigenvalue weighted by atomic mass is 10.0. The molecule has 6 nitrogen and oxygen atoms in total.